The molecule has 0 bridgehead atoms. The van der Waals surface area contributed by atoms with Crippen molar-refractivity contribution < 1.29 is 28.6 Å². The molecule has 0 spiro atoms. The summed E-state index contributed by atoms with van der Waals surface area (Å²) < 4.78 is 14.5. The van der Waals surface area contributed by atoms with Crippen molar-refractivity contribution in [2.24, 2.45) is 0 Å². The molecule has 0 aliphatic rings. The molecule has 0 aliphatic heterocycles. The standard InChI is InChI=1S/C8H20NO2.C2H4O3/c1-9(2,5-7-10-3)6-8-11-4;1-5-2(3)4/h5-8H2,1-4H3;1H3,(H,3,4)/q+1;/p-1. The predicted octanol–water partition coefficient (Wildman–Crippen LogP) is -0.668. The van der Waals surface area contributed by atoms with Crippen LogP contribution >= 0.6 is 0 Å². The number of methoxy groups -OCH3 is 3. The molecule has 0 saturated heterocycles. The molecular formula is C10H23NO5. The Morgan fingerprint density at radius 2 is 1.38 bits per heavy atom. The molecule has 0 aromatic rings. The van der Waals surface area contributed by atoms with Gasteiger partial charge in [-0.1, -0.05) is 0 Å². The molecule has 0 N–H and O–H groups in total. The van der Waals surface area contributed by atoms with Gasteiger partial charge in [-0.05, 0) is 0 Å². The molecule has 6 nitrogen and oxygen atoms in total. The number of likely N-dealkylation sites (N-methyl/N-ethyl adjacent to an activating group) is 1. The summed E-state index contributed by atoms with van der Waals surface area (Å²) in [5, 5.41) is 9.03. The summed E-state index contributed by atoms with van der Waals surface area (Å²) in [6.07, 6.45) is -1.50. The second-order valence-electron chi connectivity index (χ2n) is 3.82. The first-order valence-corrected chi connectivity index (χ1v) is 4.94. The lowest BCUT2D eigenvalue weighted by Gasteiger charge is -2.28. The van der Waals surface area contributed by atoms with E-state index in [-0.39, 0.29) is 0 Å². The average molecular weight is 237 g/mol. The molecule has 0 radical (unpaired) electrons. The van der Waals surface area contributed by atoms with E-state index in [1.165, 1.54) is 0 Å². The highest BCUT2D eigenvalue weighted by molar-refractivity contribution is 5.53. The van der Waals surface area contributed by atoms with Crippen LogP contribution in [0.3, 0.4) is 0 Å². The molecule has 16 heavy (non-hydrogen) atoms. The quantitative estimate of drug-likeness (QED) is 0.453. The molecule has 0 saturated carbocycles. The molecule has 0 fully saturated rings. The van der Waals surface area contributed by atoms with Gasteiger partial charge in [-0.2, -0.15) is 0 Å². The van der Waals surface area contributed by atoms with Crippen LogP contribution < -0.4 is 5.11 Å². The van der Waals surface area contributed by atoms with Crippen molar-refractivity contribution in [2.45, 2.75) is 0 Å². The van der Waals surface area contributed by atoms with E-state index in [4.69, 9.17) is 19.4 Å². The second-order valence-corrected chi connectivity index (χ2v) is 3.82. The van der Waals surface area contributed by atoms with Crippen LogP contribution in [0.25, 0.3) is 0 Å². The normalized spacial score (nSPS) is 10.3. The first kappa shape index (κ1) is 17.5. The van der Waals surface area contributed by atoms with Crippen LogP contribution in [-0.4, -0.2) is 72.4 Å². The number of carboxylic acid groups (broad SMARTS) is 1. The highest BCUT2D eigenvalue weighted by atomic mass is 16.6. The number of hydrogen-bond acceptors (Lipinski definition) is 5. The van der Waals surface area contributed by atoms with Gasteiger partial charge in [0.15, 0.2) is 0 Å². The zero-order valence-electron chi connectivity index (χ0n) is 10.8. The first-order valence-electron chi connectivity index (χ1n) is 4.94. The van der Waals surface area contributed by atoms with E-state index in [1.807, 2.05) is 0 Å². The van der Waals surface area contributed by atoms with Gasteiger partial charge in [0.25, 0.3) is 6.16 Å². The molecule has 0 aromatic heterocycles. The number of ether oxygens (including phenoxy) is 3. The average Bonchev–Trinajstić information content (AvgIpc) is 2.24. The lowest BCUT2D eigenvalue weighted by molar-refractivity contribution is -0.891. The van der Waals surface area contributed by atoms with Crippen molar-refractivity contribution in [3.05, 3.63) is 0 Å². The number of rotatable bonds is 6. The minimum Gasteiger partial charge on any atom is -0.553 e. The van der Waals surface area contributed by atoms with Crippen molar-refractivity contribution in [1.82, 2.24) is 0 Å². The lowest BCUT2D eigenvalue weighted by atomic mass is 10.4. The van der Waals surface area contributed by atoms with Crippen molar-refractivity contribution in [1.29, 1.82) is 0 Å². The lowest BCUT2D eigenvalue weighted by Crippen LogP contribution is -2.44. The summed E-state index contributed by atoms with van der Waals surface area (Å²) in [6.45, 7) is 3.72. The minimum absolute atomic E-state index is 0.816. The summed E-state index contributed by atoms with van der Waals surface area (Å²) in [5.74, 6) is 0. The van der Waals surface area contributed by atoms with Crippen molar-refractivity contribution in [3.8, 4) is 0 Å². The number of carbonyl (C=O) groups excluding carboxylic acids is 1. The highest BCUT2D eigenvalue weighted by Gasteiger charge is 2.12. The second kappa shape index (κ2) is 10.7. The Morgan fingerprint density at radius 3 is 1.56 bits per heavy atom. The third-order valence-electron chi connectivity index (χ3n) is 1.97. The Hall–Kier alpha value is -0.850. The van der Waals surface area contributed by atoms with Gasteiger partial charge in [0.2, 0.25) is 0 Å². The van der Waals surface area contributed by atoms with Gasteiger partial charge in [0, 0.05) is 21.3 Å². The highest BCUT2D eigenvalue weighted by Crippen LogP contribution is 1.95. The van der Waals surface area contributed by atoms with Gasteiger partial charge in [-0.25, -0.2) is 0 Å². The zero-order valence-corrected chi connectivity index (χ0v) is 10.8. The van der Waals surface area contributed by atoms with Crippen LogP contribution in [-0.2, 0) is 14.2 Å². The maximum Gasteiger partial charge on any atom is 0.251 e. The Morgan fingerprint density at radius 1 is 1.06 bits per heavy atom. The molecule has 98 valence electrons. The van der Waals surface area contributed by atoms with Gasteiger partial charge in [-0.3, -0.25) is 0 Å². The molecule has 0 aliphatic carbocycles. The van der Waals surface area contributed by atoms with Crippen LogP contribution in [0, 0.1) is 0 Å². The number of quaternary nitrogens is 1. The molecule has 0 unspecified atom stereocenters. The van der Waals surface area contributed by atoms with Crippen LogP contribution in [0.5, 0.6) is 0 Å². The third kappa shape index (κ3) is 15.6. The van der Waals surface area contributed by atoms with Crippen LogP contribution in [0.15, 0.2) is 0 Å². The summed E-state index contributed by atoms with van der Waals surface area (Å²) in [6, 6.07) is 0. The molecular weight excluding hydrogens is 214 g/mol. The Labute approximate surface area is 97.3 Å². The predicted molar refractivity (Wildman–Crippen MR) is 58.0 cm³/mol. The SMILES string of the molecule is COC(=O)[O-].COCC[N+](C)(C)CCOC. The summed E-state index contributed by atoms with van der Waals surface area (Å²) in [7, 11) is 8.86. The van der Waals surface area contributed by atoms with Gasteiger partial charge in [0.05, 0.1) is 27.3 Å². The number of hydrogen-bond donors (Lipinski definition) is 0. The number of nitrogens with zero attached hydrogens (tertiary/aromatic N) is 1. The van der Waals surface area contributed by atoms with Crippen LogP contribution in [0.1, 0.15) is 0 Å². The molecule has 0 aromatic carbocycles. The maximum atomic E-state index is 9.03. The Bertz CT molecular complexity index is 163. The van der Waals surface area contributed by atoms with E-state index in [0.29, 0.717) is 0 Å². The largest absolute Gasteiger partial charge is 0.553 e. The fourth-order valence-corrected chi connectivity index (χ4v) is 0.789. The monoisotopic (exact) mass is 237 g/mol. The fraction of sp³-hybridized carbons (Fsp3) is 0.900. The van der Waals surface area contributed by atoms with Crippen molar-refractivity contribution in [2.75, 3.05) is 61.7 Å². The first-order chi connectivity index (χ1) is 7.39. The maximum absolute atomic E-state index is 9.03. The summed E-state index contributed by atoms with van der Waals surface area (Å²) in [5.41, 5.74) is 0. The summed E-state index contributed by atoms with van der Waals surface area (Å²) in [4.78, 5) is 9.03. The molecule has 6 heteroatoms. The third-order valence-corrected chi connectivity index (χ3v) is 1.97. The molecule has 0 rings (SSSR count). The van der Waals surface area contributed by atoms with Crippen LogP contribution in [0.4, 0.5) is 4.79 Å². The zero-order chi connectivity index (χ0) is 13.0. The molecule has 0 heterocycles. The van der Waals surface area contributed by atoms with Gasteiger partial charge in [-0.15, -0.1) is 0 Å². The molecule has 0 atom stereocenters. The van der Waals surface area contributed by atoms with Gasteiger partial charge >= 0.3 is 0 Å². The van der Waals surface area contributed by atoms with E-state index < -0.39 is 6.16 Å². The van der Waals surface area contributed by atoms with Crippen LogP contribution in [0.2, 0.25) is 0 Å². The van der Waals surface area contributed by atoms with E-state index in [0.717, 1.165) is 37.9 Å². The van der Waals surface area contributed by atoms with Crippen molar-refractivity contribution in [3.63, 3.8) is 0 Å². The van der Waals surface area contributed by atoms with Gasteiger partial charge in [0.1, 0.15) is 13.1 Å². The van der Waals surface area contributed by atoms with E-state index in [9.17, 15) is 0 Å². The van der Waals surface area contributed by atoms with E-state index in [2.05, 4.69) is 18.8 Å². The Kier molecular flexibility index (Phi) is 11.7. The van der Waals surface area contributed by atoms with Gasteiger partial charge < -0.3 is 28.6 Å². The smallest absolute Gasteiger partial charge is 0.251 e. The van der Waals surface area contributed by atoms with Crippen molar-refractivity contribution >= 4 is 6.16 Å². The Balaban J connectivity index is 0. The van der Waals surface area contributed by atoms with E-state index >= 15 is 0 Å². The summed E-state index contributed by atoms with van der Waals surface area (Å²) >= 11 is 0. The minimum atomic E-state index is -1.50. The topological polar surface area (TPSA) is 67.8 Å². The number of carbonyl (C=O) groups is 1. The fourth-order valence-electron chi connectivity index (χ4n) is 0.789. The van der Waals surface area contributed by atoms with E-state index in [1.54, 1.807) is 14.2 Å². The molecule has 0 amide bonds.